The molecule has 0 spiro atoms. The SMILES string of the molecule is CCCC1CN(C(=O)c2cnc(C)cn2)CC1NS(C)(=O)=O. The smallest absolute Gasteiger partial charge is 0.274 e. The molecule has 2 heterocycles. The Balaban J connectivity index is 2.12. The van der Waals surface area contributed by atoms with Gasteiger partial charge in [0.05, 0.1) is 18.1 Å². The molecule has 0 radical (unpaired) electrons. The fourth-order valence-electron chi connectivity index (χ4n) is 2.77. The molecule has 2 unspecified atom stereocenters. The first kappa shape index (κ1) is 16.8. The van der Waals surface area contributed by atoms with E-state index in [1.807, 2.05) is 6.92 Å². The van der Waals surface area contributed by atoms with Gasteiger partial charge in [-0.3, -0.25) is 9.78 Å². The molecule has 2 atom stereocenters. The molecule has 1 N–H and O–H groups in total. The topological polar surface area (TPSA) is 92.3 Å². The van der Waals surface area contributed by atoms with Crippen LogP contribution in [0.2, 0.25) is 0 Å². The van der Waals surface area contributed by atoms with Crippen molar-refractivity contribution in [3.8, 4) is 0 Å². The Morgan fingerprint density at radius 2 is 2.09 bits per heavy atom. The number of nitrogens with one attached hydrogen (secondary N) is 1. The van der Waals surface area contributed by atoms with Crippen LogP contribution in [0.5, 0.6) is 0 Å². The zero-order valence-electron chi connectivity index (χ0n) is 13.1. The maximum absolute atomic E-state index is 12.5. The number of hydrogen-bond donors (Lipinski definition) is 1. The van der Waals surface area contributed by atoms with Crippen LogP contribution >= 0.6 is 0 Å². The van der Waals surface area contributed by atoms with E-state index < -0.39 is 10.0 Å². The molecule has 22 heavy (non-hydrogen) atoms. The van der Waals surface area contributed by atoms with E-state index in [2.05, 4.69) is 14.7 Å². The van der Waals surface area contributed by atoms with Gasteiger partial charge in [-0.05, 0) is 19.3 Å². The Labute approximate surface area is 131 Å². The summed E-state index contributed by atoms with van der Waals surface area (Å²) in [5.41, 5.74) is 1.04. The van der Waals surface area contributed by atoms with Crippen LogP contribution in [-0.2, 0) is 10.0 Å². The first-order valence-electron chi connectivity index (χ1n) is 7.35. The van der Waals surface area contributed by atoms with Crippen LogP contribution in [0.3, 0.4) is 0 Å². The monoisotopic (exact) mass is 326 g/mol. The van der Waals surface area contributed by atoms with Crippen LogP contribution in [0.25, 0.3) is 0 Å². The number of amides is 1. The second-order valence-corrected chi connectivity index (χ2v) is 7.58. The highest BCUT2D eigenvalue weighted by Gasteiger charge is 2.36. The minimum atomic E-state index is -3.29. The van der Waals surface area contributed by atoms with Gasteiger partial charge >= 0.3 is 0 Å². The summed E-state index contributed by atoms with van der Waals surface area (Å²) in [6, 6.07) is -0.239. The van der Waals surface area contributed by atoms with Gasteiger partial charge in [-0.15, -0.1) is 0 Å². The van der Waals surface area contributed by atoms with E-state index >= 15 is 0 Å². The van der Waals surface area contributed by atoms with Crippen molar-refractivity contribution in [2.24, 2.45) is 5.92 Å². The molecule has 1 aliphatic rings. The van der Waals surface area contributed by atoms with Crippen molar-refractivity contribution in [2.75, 3.05) is 19.3 Å². The molecule has 2 rings (SSSR count). The minimum Gasteiger partial charge on any atom is -0.335 e. The quantitative estimate of drug-likeness (QED) is 0.854. The number of carbonyl (C=O) groups excluding carboxylic acids is 1. The van der Waals surface area contributed by atoms with Crippen LogP contribution in [0.1, 0.15) is 35.9 Å². The molecule has 1 saturated heterocycles. The van der Waals surface area contributed by atoms with E-state index in [1.54, 1.807) is 18.0 Å². The molecular weight excluding hydrogens is 304 g/mol. The highest BCUT2D eigenvalue weighted by Crippen LogP contribution is 2.23. The van der Waals surface area contributed by atoms with E-state index in [1.165, 1.54) is 6.20 Å². The number of aromatic nitrogens is 2. The highest BCUT2D eigenvalue weighted by molar-refractivity contribution is 7.88. The summed E-state index contributed by atoms with van der Waals surface area (Å²) in [5, 5.41) is 0. The predicted molar refractivity (Wildman–Crippen MR) is 82.8 cm³/mol. The fourth-order valence-corrected chi connectivity index (χ4v) is 3.59. The zero-order chi connectivity index (χ0) is 16.3. The standard InChI is InChI=1S/C14H22N4O3S/c1-4-5-11-8-18(9-13(11)17-22(3,20)21)14(19)12-7-15-10(2)6-16-12/h6-7,11,13,17H,4-5,8-9H2,1-3H3. The molecule has 1 aromatic rings. The van der Waals surface area contributed by atoms with E-state index in [0.717, 1.165) is 24.8 Å². The molecule has 0 saturated carbocycles. The molecule has 1 aromatic heterocycles. The lowest BCUT2D eigenvalue weighted by atomic mass is 9.99. The Morgan fingerprint density at radius 3 is 2.64 bits per heavy atom. The number of sulfonamides is 1. The molecule has 0 bridgehead atoms. The van der Waals surface area contributed by atoms with E-state index in [-0.39, 0.29) is 17.9 Å². The number of carbonyl (C=O) groups is 1. The Kier molecular flexibility index (Phi) is 5.12. The van der Waals surface area contributed by atoms with Gasteiger partial charge in [0.2, 0.25) is 10.0 Å². The largest absolute Gasteiger partial charge is 0.335 e. The van der Waals surface area contributed by atoms with Crippen LogP contribution in [0.15, 0.2) is 12.4 Å². The molecule has 122 valence electrons. The molecule has 1 aliphatic heterocycles. The van der Waals surface area contributed by atoms with Gasteiger partial charge in [-0.2, -0.15) is 0 Å². The lowest BCUT2D eigenvalue weighted by Gasteiger charge is -2.17. The van der Waals surface area contributed by atoms with E-state index in [0.29, 0.717) is 18.8 Å². The molecule has 1 fully saturated rings. The Bertz CT molecular complexity index is 630. The average molecular weight is 326 g/mol. The minimum absolute atomic E-state index is 0.127. The van der Waals surface area contributed by atoms with Crippen LogP contribution in [-0.4, -0.2) is 54.6 Å². The first-order chi connectivity index (χ1) is 10.3. The van der Waals surface area contributed by atoms with Gasteiger partial charge in [0.1, 0.15) is 5.69 Å². The van der Waals surface area contributed by atoms with Crippen molar-refractivity contribution in [3.05, 3.63) is 23.8 Å². The van der Waals surface area contributed by atoms with Crippen molar-refractivity contribution in [1.29, 1.82) is 0 Å². The van der Waals surface area contributed by atoms with Crippen LogP contribution in [0, 0.1) is 12.8 Å². The van der Waals surface area contributed by atoms with Gasteiger partial charge in [-0.1, -0.05) is 13.3 Å². The van der Waals surface area contributed by atoms with Gasteiger partial charge in [0.15, 0.2) is 0 Å². The maximum Gasteiger partial charge on any atom is 0.274 e. The van der Waals surface area contributed by atoms with Crippen LogP contribution in [0.4, 0.5) is 0 Å². The lowest BCUT2D eigenvalue weighted by molar-refractivity contribution is 0.0778. The lowest BCUT2D eigenvalue weighted by Crippen LogP contribution is -2.40. The van der Waals surface area contributed by atoms with Crippen molar-refractivity contribution in [1.82, 2.24) is 19.6 Å². The molecule has 0 aliphatic carbocycles. The molecule has 7 nitrogen and oxygen atoms in total. The number of hydrogen-bond acceptors (Lipinski definition) is 5. The Hall–Kier alpha value is -1.54. The summed E-state index contributed by atoms with van der Waals surface area (Å²) in [5.74, 6) is -0.0755. The molecule has 1 amide bonds. The normalized spacial score (nSPS) is 22.0. The third kappa shape index (κ3) is 4.23. The average Bonchev–Trinajstić information content (AvgIpc) is 2.80. The van der Waals surface area contributed by atoms with Crippen molar-refractivity contribution < 1.29 is 13.2 Å². The van der Waals surface area contributed by atoms with Gasteiger partial charge in [-0.25, -0.2) is 18.1 Å². The summed E-state index contributed by atoms with van der Waals surface area (Å²) in [7, 11) is -3.29. The van der Waals surface area contributed by atoms with Crippen molar-refractivity contribution in [2.45, 2.75) is 32.7 Å². The molecular formula is C14H22N4O3S. The third-order valence-electron chi connectivity index (χ3n) is 3.75. The van der Waals surface area contributed by atoms with Crippen molar-refractivity contribution in [3.63, 3.8) is 0 Å². The zero-order valence-corrected chi connectivity index (χ0v) is 13.9. The van der Waals surface area contributed by atoms with Gasteiger partial charge in [0.25, 0.3) is 5.91 Å². The number of likely N-dealkylation sites (tertiary alicyclic amines) is 1. The second-order valence-electron chi connectivity index (χ2n) is 5.80. The third-order valence-corrected chi connectivity index (χ3v) is 4.48. The number of aryl methyl sites for hydroxylation is 1. The first-order valence-corrected chi connectivity index (χ1v) is 9.24. The molecule has 0 aromatic carbocycles. The summed E-state index contributed by atoms with van der Waals surface area (Å²) >= 11 is 0. The molecule has 8 heteroatoms. The number of rotatable bonds is 5. The fraction of sp³-hybridized carbons (Fsp3) is 0.643. The Morgan fingerprint density at radius 1 is 1.36 bits per heavy atom. The second kappa shape index (κ2) is 6.70. The van der Waals surface area contributed by atoms with Crippen molar-refractivity contribution >= 4 is 15.9 Å². The van der Waals surface area contributed by atoms with E-state index in [4.69, 9.17) is 0 Å². The predicted octanol–water partition coefficient (Wildman–Crippen LogP) is 0.575. The van der Waals surface area contributed by atoms with Crippen LogP contribution < -0.4 is 4.72 Å². The van der Waals surface area contributed by atoms with Gasteiger partial charge in [0, 0.05) is 25.3 Å². The number of nitrogens with zero attached hydrogens (tertiary/aromatic N) is 3. The summed E-state index contributed by atoms with van der Waals surface area (Å²) in [4.78, 5) is 22.3. The van der Waals surface area contributed by atoms with Gasteiger partial charge < -0.3 is 4.90 Å². The highest BCUT2D eigenvalue weighted by atomic mass is 32.2. The summed E-state index contributed by atoms with van der Waals surface area (Å²) in [6.45, 7) is 4.76. The summed E-state index contributed by atoms with van der Waals surface area (Å²) < 4.78 is 25.6. The summed E-state index contributed by atoms with van der Waals surface area (Å²) in [6.07, 6.45) is 5.98. The van der Waals surface area contributed by atoms with E-state index in [9.17, 15) is 13.2 Å². The maximum atomic E-state index is 12.5.